The van der Waals surface area contributed by atoms with Crippen LogP contribution in [0.4, 0.5) is 5.69 Å². The van der Waals surface area contributed by atoms with Crippen LogP contribution < -0.4 is 10.6 Å². The van der Waals surface area contributed by atoms with Gasteiger partial charge in [0.05, 0.1) is 17.3 Å². The third kappa shape index (κ3) is 3.08. The van der Waals surface area contributed by atoms with Gasteiger partial charge in [-0.05, 0) is 18.4 Å². The van der Waals surface area contributed by atoms with Crippen molar-refractivity contribution >= 4 is 23.1 Å². The summed E-state index contributed by atoms with van der Waals surface area (Å²) in [6.07, 6.45) is 7.28. The Morgan fingerprint density at radius 1 is 1.35 bits per heavy atom. The normalized spacial score (nSPS) is 18.2. The predicted octanol–water partition coefficient (Wildman–Crippen LogP) is 2.73. The summed E-state index contributed by atoms with van der Waals surface area (Å²) in [7, 11) is 0. The van der Waals surface area contributed by atoms with Crippen LogP contribution in [0.5, 0.6) is 0 Å². The molecule has 5 nitrogen and oxygen atoms in total. The van der Waals surface area contributed by atoms with Crippen LogP contribution in [-0.2, 0) is 64.1 Å². The van der Waals surface area contributed by atoms with Gasteiger partial charge < -0.3 is 24.8 Å². The van der Waals surface area contributed by atoms with Crippen LogP contribution in [0, 0.1) is 6.07 Å². The van der Waals surface area contributed by atoms with Crippen molar-refractivity contribution in [1.29, 1.82) is 0 Å². The molecule has 1 spiro atoms. The molecule has 2 aliphatic rings. The molecular weight excluding hydrogens is 539 g/mol. The Morgan fingerprint density at radius 2 is 2.09 bits per heavy atom. The number of benzene rings is 1. The Morgan fingerprint density at radius 3 is 2.78 bits per heavy atom. The number of nitrogens with one attached hydrogen (secondary N) is 2. The van der Waals surface area contributed by atoms with Gasteiger partial charge >= 0.3 is 0 Å². The van der Waals surface area contributed by atoms with Gasteiger partial charge in [-0.1, -0.05) is 37.1 Å². The molecule has 1 aromatic heterocycles. The first-order valence-corrected chi connectivity index (χ1v) is 7.20. The summed E-state index contributed by atoms with van der Waals surface area (Å²) < 4.78 is 5.61. The van der Waals surface area contributed by atoms with Crippen molar-refractivity contribution in [2.75, 3.05) is 5.32 Å². The SMILES string of the molecule is C=C1Nc2[c-]cc3nc([C-]=O)oc3c2C2(CCCCC2)N1.[W].[Y]. The second kappa shape index (κ2) is 7.16. The number of hydrogen-bond donors (Lipinski definition) is 2. The fraction of sp³-hybridized carbons (Fsp3) is 0.375. The molecule has 0 unspecified atom stereocenters. The number of anilines is 1. The third-order valence-electron chi connectivity index (χ3n) is 4.42. The molecular formula is C16H15N3O2WY-2. The van der Waals surface area contributed by atoms with Gasteiger partial charge in [0.2, 0.25) is 0 Å². The molecule has 1 fully saturated rings. The molecule has 2 N–H and O–H groups in total. The molecule has 1 aromatic carbocycles. The van der Waals surface area contributed by atoms with Crippen LogP contribution in [0.15, 0.2) is 22.9 Å². The van der Waals surface area contributed by atoms with Crippen molar-refractivity contribution in [2.24, 2.45) is 0 Å². The third-order valence-corrected chi connectivity index (χ3v) is 4.42. The molecule has 4 rings (SSSR count). The van der Waals surface area contributed by atoms with Crippen LogP contribution in [0.2, 0.25) is 0 Å². The molecule has 1 saturated carbocycles. The minimum atomic E-state index is -0.203. The summed E-state index contributed by atoms with van der Waals surface area (Å²) in [5, 5.41) is 6.70. The van der Waals surface area contributed by atoms with Crippen LogP contribution in [-0.4, -0.2) is 11.3 Å². The molecule has 1 radical (unpaired) electrons. The molecule has 2 aromatic rings. The summed E-state index contributed by atoms with van der Waals surface area (Å²) in [4.78, 5) is 15.0. The monoisotopic (exact) mass is 554 g/mol. The molecule has 1 aliphatic heterocycles. The van der Waals surface area contributed by atoms with Gasteiger partial charge in [0.15, 0.2) is 0 Å². The van der Waals surface area contributed by atoms with E-state index in [1.165, 1.54) is 6.42 Å². The van der Waals surface area contributed by atoms with E-state index in [2.05, 4.69) is 28.3 Å². The van der Waals surface area contributed by atoms with E-state index in [-0.39, 0.29) is 65.2 Å². The first-order chi connectivity index (χ1) is 10.2. The van der Waals surface area contributed by atoms with Gasteiger partial charge in [0.25, 0.3) is 0 Å². The standard InChI is InChI=1S/C16H15N3O2.W.Y/c1-10-17-11-5-6-12-15(21-13(9-20)18-12)14(11)16(19-10)7-3-2-4-8-16;;/h6,17,19H,1-4,7-8H2;;/q-2;;. The van der Waals surface area contributed by atoms with E-state index >= 15 is 0 Å². The number of oxazole rings is 1. The van der Waals surface area contributed by atoms with Gasteiger partial charge in [0, 0.05) is 59.3 Å². The Bertz CT molecular complexity index is 753. The van der Waals surface area contributed by atoms with Crippen molar-refractivity contribution in [1.82, 2.24) is 10.3 Å². The van der Waals surface area contributed by atoms with E-state index in [0.29, 0.717) is 11.1 Å². The van der Waals surface area contributed by atoms with Crippen LogP contribution in [0.1, 0.15) is 43.6 Å². The molecule has 7 heteroatoms. The quantitative estimate of drug-likeness (QED) is 0.532. The number of rotatable bonds is 1. The summed E-state index contributed by atoms with van der Waals surface area (Å²) in [5.41, 5.74) is 2.97. The molecule has 0 saturated heterocycles. The second-order valence-corrected chi connectivity index (χ2v) is 5.75. The summed E-state index contributed by atoms with van der Waals surface area (Å²) in [6.45, 7) is 4.01. The number of hydrogen-bond acceptors (Lipinski definition) is 5. The average Bonchev–Trinajstić information content (AvgIpc) is 2.90. The molecule has 0 amide bonds. The van der Waals surface area contributed by atoms with E-state index in [1.807, 2.05) is 0 Å². The van der Waals surface area contributed by atoms with E-state index in [9.17, 15) is 4.79 Å². The zero-order valence-corrected chi connectivity index (χ0v) is 18.3. The van der Waals surface area contributed by atoms with E-state index in [1.54, 1.807) is 12.4 Å². The van der Waals surface area contributed by atoms with E-state index in [4.69, 9.17) is 4.42 Å². The van der Waals surface area contributed by atoms with Gasteiger partial charge in [-0.3, -0.25) is 0 Å². The maximum absolute atomic E-state index is 10.8. The van der Waals surface area contributed by atoms with E-state index in [0.717, 1.165) is 42.8 Å². The van der Waals surface area contributed by atoms with Gasteiger partial charge in [-0.25, -0.2) is 0 Å². The first kappa shape index (κ1) is 18.8. The Balaban J connectivity index is 0.000000960. The largest absolute Gasteiger partial charge is 0.532 e. The maximum atomic E-state index is 10.8. The summed E-state index contributed by atoms with van der Waals surface area (Å²) in [5.74, 6) is 0.767. The number of fused-ring (bicyclic) bond motifs is 4. The fourth-order valence-electron chi connectivity index (χ4n) is 3.60. The van der Waals surface area contributed by atoms with Crippen molar-refractivity contribution in [3.63, 3.8) is 0 Å². The van der Waals surface area contributed by atoms with Crippen LogP contribution in [0.25, 0.3) is 11.1 Å². The van der Waals surface area contributed by atoms with Crippen molar-refractivity contribution < 1.29 is 63.0 Å². The smallest absolute Gasteiger partial charge is 0.0937 e. The van der Waals surface area contributed by atoms with Crippen LogP contribution >= 0.6 is 0 Å². The minimum Gasteiger partial charge on any atom is -0.532 e. The molecule has 1 aliphatic carbocycles. The van der Waals surface area contributed by atoms with Crippen molar-refractivity contribution in [3.05, 3.63) is 36.0 Å². The predicted molar refractivity (Wildman–Crippen MR) is 78.3 cm³/mol. The first-order valence-electron chi connectivity index (χ1n) is 7.20. The summed E-state index contributed by atoms with van der Waals surface area (Å²) in [6, 6.07) is 4.94. The maximum Gasteiger partial charge on any atom is 0.0937 e. The minimum absolute atomic E-state index is 0. The van der Waals surface area contributed by atoms with Crippen molar-refractivity contribution in [2.45, 2.75) is 37.6 Å². The number of aromatic nitrogens is 1. The van der Waals surface area contributed by atoms with E-state index < -0.39 is 0 Å². The topological polar surface area (TPSA) is 67.2 Å². The van der Waals surface area contributed by atoms with Crippen LogP contribution in [0.3, 0.4) is 0 Å². The van der Waals surface area contributed by atoms with Gasteiger partial charge in [0.1, 0.15) is 0 Å². The van der Waals surface area contributed by atoms with Crippen molar-refractivity contribution in [3.8, 4) is 0 Å². The Hall–Kier alpha value is -0.508. The Kier molecular flexibility index (Phi) is 5.86. The molecule has 2 heterocycles. The summed E-state index contributed by atoms with van der Waals surface area (Å²) >= 11 is 0. The molecule has 117 valence electrons. The molecule has 23 heavy (non-hydrogen) atoms. The Labute approximate surface area is 174 Å². The number of carbonyl (C=O) groups excluding carboxylic acids is 1. The molecule has 0 atom stereocenters. The van der Waals surface area contributed by atoms with Gasteiger partial charge in [-0.2, -0.15) is 12.4 Å². The molecule has 0 bridgehead atoms. The zero-order chi connectivity index (χ0) is 14.4. The average molecular weight is 554 g/mol. The second-order valence-electron chi connectivity index (χ2n) is 5.75. The fourth-order valence-corrected chi connectivity index (χ4v) is 3.60. The van der Waals surface area contributed by atoms with Gasteiger partial charge in [-0.15, -0.1) is 6.07 Å². The number of nitrogens with zero attached hydrogens (tertiary/aromatic N) is 1. The zero-order valence-electron chi connectivity index (χ0n) is 12.6.